The van der Waals surface area contributed by atoms with Crippen LogP contribution in [0.15, 0.2) is 6.20 Å². The van der Waals surface area contributed by atoms with Gasteiger partial charge in [-0.1, -0.05) is 11.6 Å². The Morgan fingerprint density at radius 2 is 2.23 bits per heavy atom. The molecule has 2 aromatic heterocycles. The first-order chi connectivity index (χ1) is 14.7. The zero-order valence-corrected chi connectivity index (χ0v) is 18.5. The van der Waals surface area contributed by atoms with E-state index in [0.717, 1.165) is 25.7 Å². The quantitative estimate of drug-likeness (QED) is 0.616. The zero-order valence-electron chi connectivity index (χ0n) is 17.7. The first-order valence-electron chi connectivity index (χ1n) is 10.2. The Bertz CT molecular complexity index is 903. The summed E-state index contributed by atoms with van der Waals surface area (Å²) >= 11 is 6.30. The van der Waals surface area contributed by atoms with Crippen molar-refractivity contribution in [3.63, 3.8) is 0 Å². The van der Waals surface area contributed by atoms with Gasteiger partial charge in [0.15, 0.2) is 6.61 Å². The molecule has 0 saturated carbocycles. The molecule has 1 saturated heterocycles. The summed E-state index contributed by atoms with van der Waals surface area (Å²) in [6.07, 6.45) is 2.11. The Morgan fingerprint density at radius 3 is 2.87 bits per heavy atom. The first kappa shape index (κ1) is 23.5. The normalized spacial score (nSPS) is 20.1. The van der Waals surface area contributed by atoms with Gasteiger partial charge in [0.05, 0.1) is 24.4 Å². The van der Waals surface area contributed by atoms with Crippen molar-refractivity contribution in [1.29, 1.82) is 0 Å². The number of hydrogen-bond acceptors (Lipinski definition) is 6. The van der Waals surface area contributed by atoms with Gasteiger partial charge in [-0.15, -0.1) is 0 Å². The molecule has 2 aromatic rings. The largest absolute Gasteiger partial charge is 0.470 e. The summed E-state index contributed by atoms with van der Waals surface area (Å²) < 4.78 is 43.4. The number of amides is 1. The predicted octanol–water partition coefficient (Wildman–Crippen LogP) is 3.50. The Morgan fingerprint density at radius 1 is 1.45 bits per heavy atom. The highest BCUT2D eigenvalue weighted by atomic mass is 35.5. The number of aryl methyl sites for hydroxylation is 1. The zero-order chi connectivity index (χ0) is 22.5. The third-order valence-corrected chi connectivity index (χ3v) is 5.44. The average molecular weight is 461 g/mol. The second kappa shape index (κ2) is 10.4. The molecule has 1 N–H and O–H groups in total. The lowest BCUT2D eigenvalue weighted by atomic mass is 10.0. The summed E-state index contributed by atoms with van der Waals surface area (Å²) in [5.41, 5.74) is 0.978. The van der Waals surface area contributed by atoms with E-state index in [1.807, 2.05) is 6.92 Å². The number of fused-ring (bicyclic) bond motifs is 1. The molecule has 0 aliphatic carbocycles. The molecule has 3 heterocycles. The van der Waals surface area contributed by atoms with Gasteiger partial charge in [-0.05, 0) is 32.6 Å². The molecule has 1 aliphatic heterocycles. The molecule has 3 rings (SSSR count). The number of hydrogen-bond donors (Lipinski definition) is 1. The lowest BCUT2D eigenvalue weighted by molar-refractivity contribution is -0.119. The number of carbonyl (C=O) groups is 1. The van der Waals surface area contributed by atoms with Crippen LogP contribution in [-0.2, 0) is 16.6 Å². The molecule has 31 heavy (non-hydrogen) atoms. The van der Waals surface area contributed by atoms with Crippen molar-refractivity contribution < 1.29 is 27.8 Å². The molecule has 1 amide bonds. The van der Waals surface area contributed by atoms with Crippen molar-refractivity contribution in [2.75, 3.05) is 13.2 Å². The molecular formula is C20H27ClF2N4O4. The number of imidazole rings is 1. The minimum absolute atomic E-state index is 0.0315. The molecule has 0 bridgehead atoms. The van der Waals surface area contributed by atoms with Crippen LogP contribution in [0.1, 0.15) is 39.5 Å². The second-order valence-corrected chi connectivity index (χ2v) is 8.10. The first-order valence-corrected chi connectivity index (χ1v) is 10.6. The highest BCUT2D eigenvalue weighted by Gasteiger charge is 2.26. The fourth-order valence-corrected chi connectivity index (χ4v) is 3.91. The van der Waals surface area contributed by atoms with Crippen molar-refractivity contribution in [3.05, 3.63) is 11.2 Å². The molecular weight excluding hydrogens is 434 g/mol. The van der Waals surface area contributed by atoms with Gasteiger partial charge < -0.3 is 19.5 Å². The maximum atomic E-state index is 12.4. The summed E-state index contributed by atoms with van der Waals surface area (Å²) in [5.74, 6) is -0.0997. The van der Waals surface area contributed by atoms with E-state index in [1.165, 1.54) is 13.1 Å². The van der Waals surface area contributed by atoms with Crippen molar-refractivity contribution in [2.45, 2.75) is 64.2 Å². The summed E-state index contributed by atoms with van der Waals surface area (Å²) in [6.45, 7) is 3.13. The van der Waals surface area contributed by atoms with E-state index in [9.17, 15) is 13.6 Å². The highest BCUT2D eigenvalue weighted by molar-refractivity contribution is 6.36. The van der Waals surface area contributed by atoms with Crippen molar-refractivity contribution >= 4 is 28.5 Å². The minimum Gasteiger partial charge on any atom is -0.470 e. The number of carbonyl (C=O) groups excluding carboxylic acids is 1. The standard InChI is InChI=1S/C20H27ClF2N4O4/c1-11(25-12(2)28)4-5-13-6-7-14(9-29-13)31-20-26-15-8-24-19(30-10-16(22)23)17(21)18(15)27(20)3/h8,11,13-14,16H,4-7,9-10H2,1-3H3,(H,25,28)/t11-,13+,14+/m0/s1. The van der Waals surface area contributed by atoms with E-state index >= 15 is 0 Å². The molecule has 8 nitrogen and oxygen atoms in total. The van der Waals surface area contributed by atoms with Crippen molar-refractivity contribution in [3.8, 4) is 11.9 Å². The Kier molecular flexibility index (Phi) is 7.88. The van der Waals surface area contributed by atoms with Gasteiger partial charge in [-0.3, -0.25) is 9.36 Å². The van der Waals surface area contributed by atoms with E-state index in [2.05, 4.69) is 15.3 Å². The summed E-state index contributed by atoms with van der Waals surface area (Å²) in [7, 11) is 1.73. The molecule has 172 valence electrons. The van der Waals surface area contributed by atoms with Gasteiger partial charge in [-0.25, -0.2) is 13.8 Å². The van der Waals surface area contributed by atoms with E-state index in [0.29, 0.717) is 23.7 Å². The molecule has 0 radical (unpaired) electrons. The molecule has 11 heteroatoms. The molecule has 1 aliphatic rings. The van der Waals surface area contributed by atoms with Crippen LogP contribution in [0.25, 0.3) is 11.0 Å². The Balaban J connectivity index is 1.57. The van der Waals surface area contributed by atoms with E-state index in [1.54, 1.807) is 11.6 Å². The van der Waals surface area contributed by atoms with Crippen LogP contribution in [0.5, 0.6) is 11.9 Å². The number of nitrogens with zero attached hydrogens (tertiary/aromatic N) is 3. The van der Waals surface area contributed by atoms with Crippen LogP contribution in [0.2, 0.25) is 5.02 Å². The SMILES string of the molecule is CC(=O)N[C@@H](C)CC[C@@H]1CC[C@@H](Oc2nc3cnc(OCC(F)F)c(Cl)c3n2C)CO1. The van der Waals surface area contributed by atoms with Crippen molar-refractivity contribution in [1.82, 2.24) is 19.9 Å². The molecule has 0 spiro atoms. The maximum absolute atomic E-state index is 12.4. The van der Waals surface area contributed by atoms with E-state index in [4.69, 9.17) is 25.8 Å². The molecule has 3 atom stereocenters. The third kappa shape index (κ3) is 6.16. The highest BCUT2D eigenvalue weighted by Crippen LogP contribution is 2.33. The third-order valence-electron chi connectivity index (χ3n) is 5.10. The van der Waals surface area contributed by atoms with Gasteiger partial charge in [0.1, 0.15) is 16.6 Å². The fraction of sp³-hybridized carbons (Fsp3) is 0.650. The monoisotopic (exact) mass is 460 g/mol. The smallest absolute Gasteiger partial charge is 0.297 e. The number of pyridine rings is 1. The summed E-state index contributed by atoms with van der Waals surface area (Å²) in [6, 6.07) is 0.457. The number of ether oxygens (including phenoxy) is 3. The van der Waals surface area contributed by atoms with Crippen LogP contribution in [0.4, 0.5) is 8.78 Å². The number of halogens is 3. The van der Waals surface area contributed by atoms with Crippen LogP contribution in [-0.4, -0.2) is 58.3 Å². The van der Waals surface area contributed by atoms with Gasteiger partial charge in [0, 0.05) is 20.0 Å². The fourth-order valence-electron chi connectivity index (χ4n) is 3.58. The van der Waals surface area contributed by atoms with E-state index in [-0.39, 0.29) is 35.1 Å². The van der Waals surface area contributed by atoms with Crippen LogP contribution >= 0.6 is 11.6 Å². The van der Waals surface area contributed by atoms with Crippen LogP contribution in [0.3, 0.4) is 0 Å². The number of nitrogens with one attached hydrogen (secondary N) is 1. The Hall–Kier alpha value is -2.20. The lowest BCUT2D eigenvalue weighted by Gasteiger charge is -2.29. The summed E-state index contributed by atoms with van der Waals surface area (Å²) in [5, 5.41) is 2.98. The van der Waals surface area contributed by atoms with Gasteiger partial charge in [0.2, 0.25) is 11.8 Å². The maximum Gasteiger partial charge on any atom is 0.297 e. The van der Waals surface area contributed by atoms with E-state index < -0.39 is 13.0 Å². The molecule has 0 unspecified atom stereocenters. The van der Waals surface area contributed by atoms with Gasteiger partial charge in [0.25, 0.3) is 12.4 Å². The molecule has 0 aromatic carbocycles. The van der Waals surface area contributed by atoms with Gasteiger partial charge in [-0.2, -0.15) is 4.98 Å². The Labute approximate surface area is 184 Å². The summed E-state index contributed by atoms with van der Waals surface area (Å²) in [4.78, 5) is 19.5. The predicted molar refractivity (Wildman–Crippen MR) is 111 cm³/mol. The number of alkyl halides is 2. The van der Waals surface area contributed by atoms with Crippen molar-refractivity contribution in [2.24, 2.45) is 7.05 Å². The topological polar surface area (TPSA) is 87.5 Å². The van der Waals surface area contributed by atoms with Crippen LogP contribution < -0.4 is 14.8 Å². The van der Waals surface area contributed by atoms with Crippen LogP contribution in [0, 0.1) is 0 Å². The average Bonchev–Trinajstić information content (AvgIpc) is 3.02. The second-order valence-electron chi connectivity index (χ2n) is 7.72. The van der Waals surface area contributed by atoms with Gasteiger partial charge >= 0.3 is 0 Å². The molecule has 1 fully saturated rings. The minimum atomic E-state index is -2.62. The number of aromatic nitrogens is 3. The lowest BCUT2D eigenvalue weighted by Crippen LogP contribution is -2.36. The number of rotatable bonds is 9.